The monoisotopic (exact) mass is 365 g/mol. The lowest BCUT2D eigenvalue weighted by atomic mass is 10.1. The fourth-order valence-electron chi connectivity index (χ4n) is 2.76. The smallest absolute Gasteiger partial charge is 0.261 e. The van der Waals surface area contributed by atoms with Crippen molar-refractivity contribution in [2.24, 2.45) is 0 Å². The number of benzene rings is 1. The number of carbonyl (C=O) groups is 1. The molecule has 3 rings (SSSR count). The summed E-state index contributed by atoms with van der Waals surface area (Å²) in [5.74, 6) is 0.527. The van der Waals surface area contributed by atoms with Crippen molar-refractivity contribution in [1.82, 2.24) is 10.1 Å². The molecule has 1 aliphatic rings. The van der Waals surface area contributed by atoms with Crippen LogP contribution in [0.3, 0.4) is 0 Å². The van der Waals surface area contributed by atoms with Crippen molar-refractivity contribution in [2.75, 3.05) is 38.7 Å². The van der Waals surface area contributed by atoms with Crippen LogP contribution in [0.5, 0.6) is 0 Å². The minimum atomic E-state index is -0.493. The molecule has 8 heteroatoms. The van der Waals surface area contributed by atoms with Crippen LogP contribution in [0.1, 0.15) is 16.8 Å². The predicted molar refractivity (Wildman–Crippen MR) is 93.8 cm³/mol. The van der Waals surface area contributed by atoms with E-state index >= 15 is 0 Å². The first-order chi connectivity index (χ1) is 12.1. The minimum absolute atomic E-state index is 0.220. The van der Waals surface area contributed by atoms with Crippen LogP contribution in [0.15, 0.2) is 28.8 Å². The number of hydrogen-bond acceptors (Lipinski definition) is 6. The van der Waals surface area contributed by atoms with Gasteiger partial charge in [0, 0.05) is 37.3 Å². The first kappa shape index (κ1) is 17.7. The fraction of sp³-hybridized carbons (Fsp3) is 0.412. The van der Waals surface area contributed by atoms with Gasteiger partial charge in [0.15, 0.2) is 11.6 Å². The molecule has 1 saturated heterocycles. The molecule has 2 aromatic rings. The molecule has 1 aromatic heterocycles. The third-order valence-corrected chi connectivity index (χ3v) is 4.31. The van der Waals surface area contributed by atoms with Crippen LogP contribution in [0.25, 0.3) is 11.3 Å². The number of likely N-dealkylation sites (tertiary alicyclic amines) is 1. The summed E-state index contributed by atoms with van der Waals surface area (Å²) in [5, 5.41) is 17.4. The van der Waals surface area contributed by atoms with Gasteiger partial charge in [-0.05, 0) is 30.7 Å². The van der Waals surface area contributed by atoms with Crippen LogP contribution in [-0.2, 0) is 4.74 Å². The summed E-state index contributed by atoms with van der Waals surface area (Å²) < 4.78 is 10.5. The van der Waals surface area contributed by atoms with E-state index in [1.165, 1.54) is 0 Å². The molecule has 0 unspecified atom stereocenters. The van der Waals surface area contributed by atoms with Gasteiger partial charge in [0.2, 0.25) is 0 Å². The number of anilines is 1. The number of β-amino-alcohol motifs (C(OH)–C–C–N with tert-alkyl or cyclic N) is 1. The topological polar surface area (TPSA) is 87.8 Å². The van der Waals surface area contributed by atoms with Crippen molar-refractivity contribution < 1.29 is 19.2 Å². The highest BCUT2D eigenvalue weighted by Crippen LogP contribution is 2.32. The first-order valence-corrected chi connectivity index (χ1v) is 8.43. The molecule has 1 fully saturated rings. The van der Waals surface area contributed by atoms with Crippen LogP contribution in [0, 0.1) is 0 Å². The van der Waals surface area contributed by atoms with E-state index in [1.807, 2.05) is 0 Å². The molecular formula is C17H20ClN3O4. The molecule has 1 aromatic carbocycles. The fourth-order valence-corrected chi connectivity index (χ4v) is 2.89. The number of hydrogen-bond donors (Lipinski definition) is 2. The number of aromatic nitrogens is 1. The molecule has 2 N–H and O–H groups in total. The van der Waals surface area contributed by atoms with Crippen molar-refractivity contribution in [3.8, 4) is 11.3 Å². The maximum atomic E-state index is 13.0. The Labute approximate surface area is 150 Å². The summed E-state index contributed by atoms with van der Waals surface area (Å²) in [5.41, 5.74) is 1.06. The van der Waals surface area contributed by atoms with E-state index in [9.17, 15) is 9.90 Å². The molecule has 7 nitrogen and oxygen atoms in total. The van der Waals surface area contributed by atoms with Gasteiger partial charge in [0.1, 0.15) is 5.56 Å². The summed E-state index contributed by atoms with van der Waals surface area (Å²) in [4.78, 5) is 14.6. The van der Waals surface area contributed by atoms with E-state index in [-0.39, 0.29) is 5.91 Å². The van der Waals surface area contributed by atoms with Gasteiger partial charge >= 0.3 is 0 Å². The van der Waals surface area contributed by atoms with Gasteiger partial charge in [-0.15, -0.1) is 0 Å². The van der Waals surface area contributed by atoms with E-state index in [2.05, 4.69) is 10.5 Å². The summed E-state index contributed by atoms with van der Waals surface area (Å²) in [6.45, 7) is 1.77. The van der Waals surface area contributed by atoms with E-state index in [1.54, 1.807) is 36.3 Å². The number of nitrogens with one attached hydrogen (secondary N) is 1. The maximum absolute atomic E-state index is 13.0. The average Bonchev–Trinajstić information content (AvgIpc) is 3.22. The van der Waals surface area contributed by atoms with Gasteiger partial charge in [-0.25, -0.2) is 0 Å². The largest absolute Gasteiger partial charge is 0.391 e. The number of amides is 1. The van der Waals surface area contributed by atoms with Crippen molar-refractivity contribution in [1.29, 1.82) is 0 Å². The molecule has 1 amide bonds. The molecule has 0 bridgehead atoms. The lowest BCUT2D eigenvalue weighted by Crippen LogP contribution is -2.30. The Bertz CT molecular complexity index is 732. The van der Waals surface area contributed by atoms with Gasteiger partial charge in [-0.3, -0.25) is 4.79 Å². The minimum Gasteiger partial charge on any atom is -0.391 e. The highest BCUT2D eigenvalue weighted by molar-refractivity contribution is 6.30. The number of ether oxygens (including phenoxy) is 1. The zero-order valence-corrected chi connectivity index (χ0v) is 14.6. The quantitative estimate of drug-likeness (QED) is 0.763. The average molecular weight is 366 g/mol. The van der Waals surface area contributed by atoms with Crippen LogP contribution in [0.2, 0.25) is 5.02 Å². The highest BCUT2D eigenvalue weighted by Gasteiger charge is 2.32. The standard InChI is InChI=1S/C17H20ClN3O4/c1-24-9-7-19-16-14(17(23)21-8-6-13(22)10-21)15(25-20-16)11-2-4-12(18)5-3-11/h2-5,13,22H,6-10H2,1H3,(H,19,20)/t13-/m1/s1. The molecule has 2 heterocycles. The number of rotatable bonds is 6. The predicted octanol–water partition coefficient (Wildman–Crippen LogP) is 2.26. The summed E-state index contributed by atoms with van der Waals surface area (Å²) >= 11 is 5.94. The van der Waals surface area contributed by atoms with Gasteiger partial charge in [0.25, 0.3) is 5.91 Å². The number of halogens is 1. The Morgan fingerprint density at radius 3 is 2.88 bits per heavy atom. The summed E-state index contributed by atoms with van der Waals surface area (Å²) in [7, 11) is 1.60. The van der Waals surface area contributed by atoms with Crippen LogP contribution in [-0.4, -0.2) is 60.5 Å². The lowest BCUT2D eigenvalue weighted by molar-refractivity contribution is 0.0766. The summed E-state index contributed by atoms with van der Waals surface area (Å²) in [6.07, 6.45) is 0.0763. The number of nitrogens with zero attached hydrogens (tertiary/aromatic N) is 2. The second-order valence-electron chi connectivity index (χ2n) is 5.86. The molecule has 1 aliphatic heterocycles. The molecule has 0 aliphatic carbocycles. The van der Waals surface area contributed by atoms with Gasteiger partial charge < -0.3 is 24.6 Å². The third kappa shape index (κ3) is 3.95. The maximum Gasteiger partial charge on any atom is 0.261 e. The molecule has 0 spiro atoms. The number of aliphatic hydroxyl groups is 1. The second-order valence-corrected chi connectivity index (χ2v) is 6.29. The molecule has 0 saturated carbocycles. The van der Waals surface area contributed by atoms with Crippen molar-refractivity contribution in [3.63, 3.8) is 0 Å². The van der Waals surface area contributed by atoms with Crippen molar-refractivity contribution in [3.05, 3.63) is 34.9 Å². The Kier molecular flexibility index (Phi) is 5.57. The van der Waals surface area contributed by atoms with E-state index in [0.29, 0.717) is 60.4 Å². The molecule has 0 radical (unpaired) electrons. The van der Waals surface area contributed by atoms with Gasteiger partial charge in [-0.1, -0.05) is 16.8 Å². The molecule has 134 valence electrons. The second kappa shape index (κ2) is 7.86. The SMILES string of the molecule is COCCNc1noc(-c2ccc(Cl)cc2)c1C(=O)N1CC[C@@H](O)C1. The number of carbonyl (C=O) groups excluding carboxylic acids is 1. The molecule has 1 atom stereocenters. The molecular weight excluding hydrogens is 346 g/mol. The highest BCUT2D eigenvalue weighted by atomic mass is 35.5. The Balaban J connectivity index is 1.94. The first-order valence-electron chi connectivity index (χ1n) is 8.06. The Hall–Kier alpha value is -2.09. The third-order valence-electron chi connectivity index (χ3n) is 4.06. The number of methoxy groups -OCH3 is 1. The van der Waals surface area contributed by atoms with Crippen LogP contribution in [0.4, 0.5) is 5.82 Å². The normalized spacial score (nSPS) is 17.1. The van der Waals surface area contributed by atoms with Crippen LogP contribution < -0.4 is 5.32 Å². The van der Waals surface area contributed by atoms with E-state index in [0.717, 1.165) is 0 Å². The van der Waals surface area contributed by atoms with Crippen molar-refractivity contribution in [2.45, 2.75) is 12.5 Å². The van der Waals surface area contributed by atoms with Gasteiger partial charge in [0.05, 0.1) is 12.7 Å². The van der Waals surface area contributed by atoms with E-state index in [4.69, 9.17) is 20.9 Å². The van der Waals surface area contributed by atoms with E-state index < -0.39 is 6.10 Å². The Morgan fingerprint density at radius 1 is 1.48 bits per heavy atom. The Morgan fingerprint density at radius 2 is 2.24 bits per heavy atom. The zero-order valence-electron chi connectivity index (χ0n) is 13.9. The zero-order chi connectivity index (χ0) is 17.8. The van der Waals surface area contributed by atoms with Crippen LogP contribution >= 0.6 is 11.6 Å². The lowest BCUT2D eigenvalue weighted by Gasteiger charge is -2.16. The van der Waals surface area contributed by atoms with Gasteiger partial charge in [-0.2, -0.15) is 0 Å². The molecule has 25 heavy (non-hydrogen) atoms. The summed E-state index contributed by atoms with van der Waals surface area (Å²) in [6, 6.07) is 7.01. The number of aliphatic hydroxyl groups excluding tert-OH is 1. The van der Waals surface area contributed by atoms with Crippen molar-refractivity contribution >= 4 is 23.3 Å².